The van der Waals surface area contributed by atoms with Crippen LogP contribution in [0.1, 0.15) is 26.3 Å². The van der Waals surface area contributed by atoms with Crippen molar-refractivity contribution in [1.29, 1.82) is 0 Å². The van der Waals surface area contributed by atoms with E-state index in [4.69, 9.17) is 14.2 Å². The molecule has 0 saturated heterocycles. The van der Waals surface area contributed by atoms with Gasteiger partial charge in [-0.1, -0.05) is 45.0 Å². The van der Waals surface area contributed by atoms with Crippen molar-refractivity contribution in [3.8, 4) is 17.2 Å². The molecule has 3 aromatic carbocycles. The van der Waals surface area contributed by atoms with Gasteiger partial charge in [0.15, 0.2) is 17.6 Å². The highest BCUT2D eigenvalue weighted by molar-refractivity contribution is 7.92. The number of rotatable bonds is 4. The van der Waals surface area contributed by atoms with E-state index in [1.807, 2.05) is 12.1 Å². The molecule has 2 aliphatic heterocycles. The van der Waals surface area contributed by atoms with Gasteiger partial charge in [0, 0.05) is 11.8 Å². The van der Waals surface area contributed by atoms with E-state index in [0.29, 0.717) is 28.6 Å². The second-order valence-corrected chi connectivity index (χ2v) is 11.3. The summed E-state index contributed by atoms with van der Waals surface area (Å²) in [7, 11) is -3.95. The van der Waals surface area contributed by atoms with Crippen molar-refractivity contribution < 1.29 is 27.4 Å². The number of fused-ring (bicyclic) bond motifs is 2. The lowest BCUT2D eigenvalue weighted by molar-refractivity contribution is -0.122. The maximum absolute atomic E-state index is 13.7. The molecule has 3 aromatic rings. The first-order chi connectivity index (χ1) is 16.6. The number of hydrogen-bond donors (Lipinski definition) is 1. The highest BCUT2D eigenvalue weighted by Gasteiger charge is 2.38. The fourth-order valence-corrected chi connectivity index (χ4v) is 5.49. The molecule has 0 bridgehead atoms. The predicted octanol–water partition coefficient (Wildman–Crippen LogP) is 4.31. The van der Waals surface area contributed by atoms with Crippen molar-refractivity contribution >= 4 is 27.3 Å². The Bertz CT molecular complexity index is 1380. The molecule has 2 aliphatic rings. The number of carbonyl (C=O) groups is 1. The Morgan fingerprint density at radius 3 is 2.40 bits per heavy atom. The number of ether oxygens (including phenoxy) is 3. The third kappa shape index (κ3) is 4.39. The molecule has 182 valence electrons. The summed E-state index contributed by atoms with van der Waals surface area (Å²) in [6.45, 7) is 6.11. The summed E-state index contributed by atoms with van der Waals surface area (Å²) in [4.78, 5) is 13.3. The van der Waals surface area contributed by atoms with Gasteiger partial charge in [0.05, 0.1) is 17.1 Å². The average molecular weight is 495 g/mol. The van der Waals surface area contributed by atoms with Crippen LogP contribution in [-0.4, -0.2) is 33.8 Å². The van der Waals surface area contributed by atoms with Gasteiger partial charge in [-0.2, -0.15) is 0 Å². The minimum atomic E-state index is -3.95. The maximum Gasteiger partial charge on any atom is 0.267 e. The van der Waals surface area contributed by atoms with E-state index in [1.54, 1.807) is 54.6 Å². The second kappa shape index (κ2) is 8.49. The van der Waals surface area contributed by atoms with E-state index in [0.717, 1.165) is 5.56 Å². The van der Waals surface area contributed by atoms with Crippen molar-refractivity contribution in [3.05, 3.63) is 72.3 Å². The van der Waals surface area contributed by atoms with Gasteiger partial charge in [-0.05, 0) is 47.4 Å². The zero-order valence-electron chi connectivity index (χ0n) is 19.6. The van der Waals surface area contributed by atoms with E-state index in [-0.39, 0.29) is 23.6 Å². The smallest absolute Gasteiger partial charge is 0.267 e. The first kappa shape index (κ1) is 23.0. The largest absolute Gasteiger partial charge is 0.476 e. The minimum Gasteiger partial charge on any atom is -0.476 e. The van der Waals surface area contributed by atoms with Crippen LogP contribution < -0.4 is 23.8 Å². The zero-order valence-corrected chi connectivity index (χ0v) is 20.5. The summed E-state index contributed by atoms with van der Waals surface area (Å²) in [6, 6.07) is 18.7. The van der Waals surface area contributed by atoms with Crippen LogP contribution >= 0.6 is 0 Å². The Kier molecular flexibility index (Phi) is 5.59. The SMILES string of the molecule is CC(C)(C)c1ccc2c(c1)N(S(=O)(=O)c1ccccc1)CC(C(=O)Nc1ccc3c(c1)OCO3)O2. The van der Waals surface area contributed by atoms with E-state index in [1.165, 1.54) is 4.31 Å². The van der Waals surface area contributed by atoms with Crippen LogP contribution in [0, 0.1) is 0 Å². The molecule has 1 N–H and O–H groups in total. The van der Waals surface area contributed by atoms with Crippen LogP contribution in [0.3, 0.4) is 0 Å². The van der Waals surface area contributed by atoms with E-state index in [9.17, 15) is 13.2 Å². The van der Waals surface area contributed by atoms with Crippen molar-refractivity contribution in [2.45, 2.75) is 37.2 Å². The quantitative estimate of drug-likeness (QED) is 0.581. The lowest BCUT2D eigenvalue weighted by Crippen LogP contribution is -2.49. The first-order valence-electron chi connectivity index (χ1n) is 11.2. The van der Waals surface area contributed by atoms with Crippen molar-refractivity contribution in [3.63, 3.8) is 0 Å². The highest BCUT2D eigenvalue weighted by atomic mass is 32.2. The Morgan fingerprint density at radius 2 is 1.66 bits per heavy atom. The fraction of sp³-hybridized carbons (Fsp3) is 0.269. The lowest BCUT2D eigenvalue weighted by atomic mass is 9.86. The summed E-state index contributed by atoms with van der Waals surface area (Å²) >= 11 is 0. The Morgan fingerprint density at radius 1 is 0.943 bits per heavy atom. The molecular formula is C26H26N2O6S. The number of anilines is 2. The van der Waals surface area contributed by atoms with Crippen molar-refractivity contribution in [1.82, 2.24) is 0 Å². The predicted molar refractivity (Wildman–Crippen MR) is 132 cm³/mol. The van der Waals surface area contributed by atoms with Crippen LogP contribution in [0.4, 0.5) is 11.4 Å². The summed E-state index contributed by atoms with van der Waals surface area (Å²) in [5.41, 5.74) is 1.66. The molecule has 35 heavy (non-hydrogen) atoms. The normalized spacial score (nSPS) is 16.9. The third-order valence-electron chi connectivity index (χ3n) is 5.96. The topological polar surface area (TPSA) is 94.2 Å². The molecule has 1 amide bonds. The van der Waals surface area contributed by atoms with Gasteiger partial charge in [-0.25, -0.2) is 8.42 Å². The number of sulfonamides is 1. The Hall–Kier alpha value is -3.72. The van der Waals surface area contributed by atoms with Crippen molar-refractivity contribution in [2.24, 2.45) is 0 Å². The van der Waals surface area contributed by atoms with E-state index in [2.05, 4.69) is 26.1 Å². The molecule has 0 aliphatic carbocycles. The Labute approximate surface area is 204 Å². The molecule has 0 aromatic heterocycles. The molecular weight excluding hydrogens is 468 g/mol. The summed E-state index contributed by atoms with van der Waals surface area (Å²) in [5.74, 6) is 0.985. The van der Waals surface area contributed by atoms with Crippen LogP contribution in [0.15, 0.2) is 71.6 Å². The molecule has 1 atom stereocenters. The van der Waals surface area contributed by atoms with Gasteiger partial charge in [0.2, 0.25) is 6.79 Å². The van der Waals surface area contributed by atoms with Gasteiger partial charge < -0.3 is 19.5 Å². The second-order valence-electron chi connectivity index (χ2n) is 9.45. The van der Waals surface area contributed by atoms with Gasteiger partial charge in [-0.3, -0.25) is 9.10 Å². The van der Waals surface area contributed by atoms with E-state index >= 15 is 0 Å². The molecule has 0 fully saturated rings. The van der Waals surface area contributed by atoms with Crippen LogP contribution in [0.25, 0.3) is 0 Å². The average Bonchev–Trinajstić information content (AvgIpc) is 3.31. The monoisotopic (exact) mass is 494 g/mol. The molecule has 1 unspecified atom stereocenters. The van der Waals surface area contributed by atoms with Gasteiger partial charge in [0.25, 0.3) is 15.9 Å². The summed E-state index contributed by atoms with van der Waals surface area (Å²) in [5, 5.41) is 2.80. The van der Waals surface area contributed by atoms with Gasteiger partial charge >= 0.3 is 0 Å². The first-order valence-corrected chi connectivity index (χ1v) is 12.7. The zero-order chi connectivity index (χ0) is 24.8. The Balaban J connectivity index is 1.50. The van der Waals surface area contributed by atoms with Crippen LogP contribution in [0.2, 0.25) is 0 Å². The highest BCUT2D eigenvalue weighted by Crippen LogP contribution is 2.40. The number of amides is 1. The molecule has 0 saturated carbocycles. The fourth-order valence-electron chi connectivity index (χ4n) is 4.00. The molecule has 5 rings (SSSR count). The number of hydrogen-bond acceptors (Lipinski definition) is 6. The number of carbonyl (C=O) groups excluding carboxylic acids is 1. The lowest BCUT2D eigenvalue weighted by Gasteiger charge is -2.36. The van der Waals surface area contributed by atoms with Gasteiger partial charge in [0.1, 0.15) is 5.75 Å². The molecule has 2 heterocycles. The number of benzene rings is 3. The van der Waals surface area contributed by atoms with E-state index < -0.39 is 22.0 Å². The standard InChI is InChI=1S/C26H26N2O6S/c1-26(2,3)17-9-11-21-20(13-17)28(35(30,31)19-7-5-4-6-8-19)15-24(34-21)25(29)27-18-10-12-22-23(14-18)33-16-32-22/h4-14,24H,15-16H2,1-3H3,(H,27,29). The molecule has 0 radical (unpaired) electrons. The molecule has 9 heteroatoms. The molecule has 0 spiro atoms. The van der Waals surface area contributed by atoms with Crippen molar-refractivity contribution in [2.75, 3.05) is 23.0 Å². The van der Waals surface area contributed by atoms with Crippen LogP contribution in [-0.2, 0) is 20.2 Å². The summed E-state index contributed by atoms with van der Waals surface area (Å²) in [6.07, 6.45) is -1.06. The maximum atomic E-state index is 13.7. The van der Waals surface area contributed by atoms with Gasteiger partial charge in [-0.15, -0.1) is 0 Å². The molecule has 8 nitrogen and oxygen atoms in total. The van der Waals surface area contributed by atoms with Crippen LogP contribution in [0.5, 0.6) is 17.2 Å². The summed E-state index contributed by atoms with van der Waals surface area (Å²) < 4.78 is 45.3. The third-order valence-corrected chi connectivity index (χ3v) is 7.75. The minimum absolute atomic E-state index is 0.123. The number of nitrogens with one attached hydrogen (secondary N) is 1. The number of nitrogens with zero attached hydrogens (tertiary/aromatic N) is 1.